The monoisotopic (exact) mass is 427 g/mol. The van der Waals surface area contributed by atoms with Gasteiger partial charge in [-0.15, -0.1) is 0 Å². The van der Waals surface area contributed by atoms with Crippen molar-refractivity contribution in [3.8, 4) is 0 Å². The summed E-state index contributed by atoms with van der Waals surface area (Å²) in [6.07, 6.45) is 1.38. The lowest BCUT2D eigenvalue weighted by atomic mass is 10.0. The maximum atomic E-state index is 12.6. The first-order valence-corrected chi connectivity index (χ1v) is 11.0. The van der Waals surface area contributed by atoms with E-state index >= 15 is 0 Å². The topological polar surface area (TPSA) is 59.8 Å². The second-order valence-corrected chi connectivity index (χ2v) is 8.49. The van der Waals surface area contributed by atoms with E-state index in [0.717, 1.165) is 42.2 Å². The summed E-state index contributed by atoms with van der Waals surface area (Å²) in [5.74, 6) is 0.0721. The molecule has 0 bridgehead atoms. The molecule has 0 aliphatic carbocycles. The largest absolute Gasteiger partial charge is 0.461 e. The fraction of sp³-hybridized carbons (Fsp3) is 0.259. The van der Waals surface area contributed by atoms with E-state index in [4.69, 9.17) is 9.15 Å². The Hall–Kier alpha value is -3.44. The number of ether oxygens (including phenoxy) is 1. The minimum Gasteiger partial charge on any atom is -0.461 e. The van der Waals surface area contributed by atoms with E-state index in [0.29, 0.717) is 23.5 Å². The van der Waals surface area contributed by atoms with Gasteiger partial charge in [-0.2, -0.15) is 0 Å². The summed E-state index contributed by atoms with van der Waals surface area (Å²) in [5, 5.41) is 2.85. The number of nitrogens with zero attached hydrogens (tertiary/aromatic N) is 1. The Morgan fingerprint density at radius 3 is 2.72 bits per heavy atom. The number of rotatable bonds is 6. The van der Waals surface area contributed by atoms with Crippen LogP contribution in [0, 0.1) is 5.92 Å². The predicted molar refractivity (Wildman–Crippen MR) is 124 cm³/mol. The Bertz CT molecular complexity index is 1310. The number of carbonyl (C=O) groups excluding carboxylic acids is 1. The molecule has 0 N–H and O–H groups in total. The predicted octanol–water partition coefficient (Wildman–Crippen LogP) is 4.90. The Balaban J connectivity index is 1.25. The van der Waals surface area contributed by atoms with Gasteiger partial charge in [0.25, 0.3) is 0 Å². The minimum atomic E-state index is -0.439. The van der Waals surface area contributed by atoms with Crippen molar-refractivity contribution in [2.75, 3.05) is 13.1 Å². The lowest BCUT2D eigenvalue weighted by Gasteiger charge is -2.16. The Kier molecular flexibility index (Phi) is 5.73. The highest BCUT2D eigenvalue weighted by atomic mass is 16.5. The highest BCUT2D eigenvalue weighted by Gasteiger charge is 2.25. The number of hydrogen-bond acceptors (Lipinski definition) is 5. The summed E-state index contributed by atoms with van der Waals surface area (Å²) in [6, 6.07) is 23.5. The van der Waals surface area contributed by atoms with Crippen molar-refractivity contribution < 1.29 is 13.9 Å². The van der Waals surface area contributed by atoms with Gasteiger partial charge in [-0.1, -0.05) is 60.7 Å². The molecular weight excluding hydrogens is 402 g/mol. The standard InChI is InChI=1S/C27H25NO4/c29-25(14-20-12-13-28(17-20)16-19-6-2-1-3-7-19)31-18-22-15-26(30)32-24-11-10-21-8-4-5-9-23(21)27(22)24/h1-11,15,20H,12-14,16-18H2. The first-order valence-electron chi connectivity index (χ1n) is 11.0. The second-order valence-electron chi connectivity index (χ2n) is 8.49. The molecule has 162 valence electrons. The molecule has 1 unspecified atom stereocenters. The van der Waals surface area contributed by atoms with Gasteiger partial charge in [0.05, 0.1) is 0 Å². The number of likely N-dealkylation sites (tertiary alicyclic amines) is 1. The summed E-state index contributed by atoms with van der Waals surface area (Å²) >= 11 is 0. The van der Waals surface area contributed by atoms with Gasteiger partial charge >= 0.3 is 11.6 Å². The number of hydrogen-bond donors (Lipinski definition) is 0. The highest BCUT2D eigenvalue weighted by Crippen LogP contribution is 2.28. The summed E-state index contributed by atoms with van der Waals surface area (Å²) < 4.78 is 11.0. The summed E-state index contributed by atoms with van der Waals surface area (Å²) in [7, 11) is 0. The maximum absolute atomic E-state index is 12.6. The molecule has 1 aliphatic heterocycles. The number of fused-ring (bicyclic) bond motifs is 3. The van der Waals surface area contributed by atoms with Gasteiger partial charge in [-0.25, -0.2) is 4.79 Å². The molecule has 5 nitrogen and oxygen atoms in total. The molecule has 1 aromatic heterocycles. The van der Waals surface area contributed by atoms with Crippen LogP contribution in [0.3, 0.4) is 0 Å². The molecule has 3 aromatic carbocycles. The molecule has 1 aliphatic rings. The van der Waals surface area contributed by atoms with E-state index in [9.17, 15) is 9.59 Å². The van der Waals surface area contributed by atoms with E-state index in [2.05, 4.69) is 29.2 Å². The van der Waals surface area contributed by atoms with Crippen molar-refractivity contribution in [2.24, 2.45) is 5.92 Å². The van der Waals surface area contributed by atoms with Crippen LogP contribution < -0.4 is 5.63 Å². The quantitative estimate of drug-likeness (QED) is 0.249. The van der Waals surface area contributed by atoms with E-state index in [1.165, 1.54) is 11.6 Å². The molecule has 0 spiro atoms. The third-order valence-electron chi connectivity index (χ3n) is 6.18. The SMILES string of the molecule is O=C(CC1CCN(Cc2ccccc2)C1)OCc1cc(=O)oc2ccc3ccccc3c12. The lowest BCUT2D eigenvalue weighted by molar-refractivity contribution is -0.145. The second kappa shape index (κ2) is 8.97. The van der Waals surface area contributed by atoms with Crippen molar-refractivity contribution in [2.45, 2.75) is 26.0 Å². The minimum absolute atomic E-state index is 0.0649. The molecule has 2 heterocycles. The maximum Gasteiger partial charge on any atom is 0.336 e. The fourth-order valence-electron chi connectivity index (χ4n) is 4.65. The number of carbonyl (C=O) groups is 1. The zero-order chi connectivity index (χ0) is 21.9. The molecule has 0 radical (unpaired) electrons. The van der Waals surface area contributed by atoms with Gasteiger partial charge in [0.2, 0.25) is 0 Å². The van der Waals surface area contributed by atoms with E-state index in [1.807, 2.05) is 36.4 Å². The van der Waals surface area contributed by atoms with Gasteiger partial charge in [0.15, 0.2) is 0 Å². The summed E-state index contributed by atoms with van der Waals surface area (Å²) in [5.41, 5.74) is 2.04. The molecule has 5 heteroatoms. The van der Waals surface area contributed by atoms with E-state index < -0.39 is 5.63 Å². The van der Waals surface area contributed by atoms with Gasteiger partial charge < -0.3 is 9.15 Å². The Morgan fingerprint density at radius 2 is 1.84 bits per heavy atom. The van der Waals surface area contributed by atoms with Crippen LogP contribution >= 0.6 is 0 Å². The van der Waals surface area contributed by atoms with Gasteiger partial charge in [0.1, 0.15) is 12.2 Å². The average molecular weight is 428 g/mol. The van der Waals surface area contributed by atoms with Crippen LogP contribution in [0.4, 0.5) is 0 Å². The average Bonchev–Trinajstić information content (AvgIpc) is 3.24. The molecule has 1 saturated heterocycles. The molecule has 0 saturated carbocycles. The summed E-state index contributed by atoms with van der Waals surface area (Å²) in [6.45, 7) is 2.86. The van der Waals surface area contributed by atoms with Crippen LogP contribution in [0.2, 0.25) is 0 Å². The zero-order valence-corrected chi connectivity index (χ0v) is 17.8. The van der Waals surface area contributed by atoms with Crippen molar-refractivity contribution >= 4 is 27.7 Å². The molecule has 1 atom stereocenters. The van der Waals surface area contributed by atoms with E-state index in [1.54, 1.807) is 6.07 Å². The first kappa shape index (κ1) is 20.5. The van der Waals surface area contributed by atoms with Crippen LogP contribution in [-0.4, -0.2) is 24.0 Å². The van der Waals surface area contributed by atoms with Gasteiger partial charge in [0, 0.05) is 36.5 Å². The van der Waals surface area contributed by atoms with Crippen LogP contribution in [0.5, 0.6) is 0 Å². The first-order chi connectivity index (χ1) is 15.7. The third kappa shape index (κ3) is 4.43. The molecule has 32 heavy (non-hydrogen) atoms. The van der Waals surface area contributed by atoms with Crippen LogP contribution in [0.25, 0.3) is 21.7 Å². The molecule has 5 rings (SSSR count). The van der Waals surface area contributed by atoms with Crippen molar-refractivity contribution in [3.05, 3.63) is 94.3 Å². The number of benzene rings is 3. The zero-order valence-electron chi connectivity index (χ0n) is 17.8. The Labute approximate surface area is 186 Å². The molecule has 0 amide bonds. The van der Waals surface area contributed by atoms with Crippen LogP contribution in [-0.2, 0) is 22.7 Å². The lowest BCUT2D eigenvalue weighted by Crippen LogP contribution is -2.21. The van der Waals surface area contributed by atoms with Gasteiger partial charge in [-0.05, 0) is 41.3 Å². The smallest absolute Gasteiger partial charge is 0.336 e. The Morgan fingerprint density at radius 1 is 1.03 bits per heavy atom. The highest BCUT2D eigenvalue weighted by molar-refractivity contribution is 6.07. The van der Waals surface area contributed by atoms with Crippen LogP contribution in [0.15, 0.2) is 82.0 Å². The van der Waals surface area contributed by atoms with Crippen LogP contribution in [0.1, 0.15) is 24.0 Å². The van der Waals surface area contributed by atoms with Gasteiger partial charge in [-0.3, -0.25) is 9.69 Å². The van der Waals surface area contributed by atoms with E-state index in [-0.39, 0.29) is 12.6 Å². The van der Waals surface area contributed by atoms with Crippen molar-refractivity contribution in [1.82, 2.24) is 4.90 Å². The summed E-state index contributed by atoms with van der Waals surface area (Å²) in [4.78, 5) is 27.0. The normalized spacial score (nSPS) is 16.6. The number of esters is 1. The molecule has 4 aromatic rings. The third-order valence-corrected chi connectivity index (χ3v) is 6.18. The van der Waals surface area contributed by atoms with Crippen molar-refractivity contribution in [1.29, 1.82) is 0 Å². The molecular formula is C27H25NO4. The molecule has 1 fully saturated rings. The van der Waals surface area contributed by atoms with Crippen molar-refractivity contribution in [3.63, 3.8) is 0 Å². The fourth-order valence-corrected chi connectivity index (χ4v) is 4.65.